The molecule has 0 spiro atoms. The number of carbonyl (C=O) groups is 1. The number of carboxylic acids is 1. The zero-order chi connectivity index (χ0) is 14.5. The van der Waals surface area contributed by atoms with Gasteiger partial charge in [-0.15, -0.1) is 12.3 Å². The molecule has 0 bridgehead atoms. The van der Waals surface area contributed by atoms with Gasteiger partial charge in [-0.1, -0.05) is 6.07 Å². The fourth-order valence-corrected chi connectivity index (χ4v) is 2.95. The Morgan fingerprint density at radius 2 is 2.16 bits per heavy atom. The maximum atomic E-state index is 12.0. The van der Waals surface area contributed by atoms with Crippen molar-refractivity contribution >= 4 is 16.0 Å². The Morgan fingerprint density at radius 1 is 1.47 bits per heavy atom. The Balaban J connectivity index is 2.99. The molecule has 0 heterocycles. The molecule has 0 aliphatic carbocycles. The van der Waals surface area contributed by atoms with Gasteiger partial charge in [0.05, 0.1) is 10.5 Å². The second-order valence-electron chi connectivity index (χ2n) is 3.94. The highest BCUT2D eigenvalue weighted by Crippen LogP contribution is 2.18. The van der Waals surface area contributed by atoms with E-state index in [2.05, 4.69) is 10.6 Å². The number of aromatic carboxylic acids is 1. The maximum Gasteiger partial charge on any atom is 0.335 e. The number of sulfonamides is 1. The Morgan fingerprint density at radius 3 is 2.74 bits per heavy atom. The van der Waals surface area contributed by atoms with Crippen LogP contribution in [-0.2, 0) is 10.0 Å². The molecule has 19 heavy (non-hydrogen) atoms. The summed E-state index contributed by atoms with van der Waals surface area (Å²) in [4.78, 5) is 10.9. The van der Waals surface area contributed by atoms with Gasteiger partial charge in [0.1, 0.15) is 0 Å². The van der Waals surface area contributed by atoms with Crippen LogP contribution in [-0.4, -0.2) is 26.0 Å². The predicted octanol–water partition coefficient (Wildman–Crippen LogP) is 1.38. The molecule has 1 aromatic carbocycles. The van der Waals surface area contributed by atoms with Gasteiger partial charge in [-0.25, -0.2) is 17.9 Å². The molecule has 0 atom stereocenters. The first-order chi connectivity index (χ1) is 8.90. The average Bonchev–Trinajstić information content (AvgIpc) is 2.34. The lowest BCUT2D eigenvalue weighted by Gasteiger charge is -2.10. The fraction of sp³-hybridized carbons (Fsp3) is 0.308. The average molecular weight is 281 g/mol. The summed E-state index contributed by atoms with van der Waals surface area (Å²) < 4.78 is 26.5. The number of rotatable bonds is 6. The highest BCUT2D eigenvalue weighted by atomic mass is 32.2. The highest BCUT2D eigenvalue weighted by Gasteiger charge is 2.19. The van der Waals surface area contributed by atoms with Gasteiger partial charge in [0.2, 0.25) is 10.0 Å². The molecule has 102 valence electrons. The third-order valence-corrected chi connectivity index (χ3v) is 4.20. The van der Waals surface area contributed by atoms with Crippen LogP contribution in [0.1, 0.15) is 28.8 Å². The lowest BCUT2D eigenvalue weighted by molar-refractivity contribution is 0.0696. The van der Waals surface area contributed by atoms with Gasteiger partial charge in [0.25, 0.3) is 0 Å². The molecule has 6 heteroatoms. The minimum Gasteiger partial charge on any atom is -0.478 e. The van der Waals surface area contributed by atoms with Crippen molar-refractivity contribution in [1.29, 1.82) is 0 Å². The third kappa shape index (κ3) is 3.81. The van der Waals surface area contributed by atoms with Gasteiger partial charge in [-0.05, 0) is 31.0 Å². The van der Waals surface area contributed by atoms with Crippen molar-refractivity contribution in [3.8, 4) is 12.3 Å². The molecule has 0 fully saturated rings. The van der Waals surface area contributed by atoms with Crippen LogP contribution in [0.2, 0.25) is 0 Å². The van der Waals surface area contributed by atoms with Gasteiger partial charge in [0, 0.05) is 13.0 Å². The SMILES string of the molecule is C#CCCCNS(=O)(=O)c1cccc(C(=O)O)c1C. The van der Waals surface area contributed by atoms with Crippen LogP contribution in [0, 0.1) is 19.3 Å². The van der Waals surface area contributed by atoms with Crippen molar-refractivity contribution in [3.63, 3.8) is 0 Å². The molecule has 0 amide bonds. The Labute approximate surface area is 112 Å². The summed E-state index contributed by atoms with van der Waals surface area (Å²) in [7, 11) is -3.71. The lowest BCUT2D eigenvalue weighted by Crippen LogP contribution is -2.26. The molecule has 1 rings (SSSR count). The first-order valence-corrected chi connectivity index (χ1v) is 7.14. The summed E-state index contributed by atoms with van der Waals surface area (Å²) in [6.07, 6.45) is 6.09. The van der Waals surface area contributed by atoms with Gasteiger partial charge in [-0.2, -0.15) is 0 Å². The first-order valence-electron chi connectivity index (χ1n) is 5.66. The summed E-state index contributed by atoms with van der Waals surface area (Å²) in [5, 5.41) is 8.96. The van der Waals surface area contributed by atoms with E-state index in [9.17, 15) is 13.2 Å². The van der Waals surface area contributed by atoms with Crippen molar-refractivity contribution in [2.45, 2.75) is 24.7 Å². The summed E-state index contributed by atoms with van der Waals surface area (Å²) >= 11 is 0. The monoisotopic (exact) mass is 281 g/mol. The van der Waals surface area contributed by atoms with Crippen LogP contribution in [0.15, 0.2) is 23.1 Å². The van der Waals surface area contributed by atoms with Crippen LogP contribution < -0.4 is 4.72 Å². The summed E-state index contributed by atoms with van der Waals surface area (Å²) in [6.45, 7) is 1.70. The topological polar surface area (TPSA) is 83.5 Å². The van der Waals surface area contributed by atoms with E-state index in [0.717, 1.165) is 0 Å². The molecule has 0 aliphatic heterocycles. The lowest BCUT2D eigenvalue weighted by atomic mass is 10.1. The Bertz CT molecular complexity index is 614. The molecule has 1 aromatic rings. The van der Waals surface area contributed by atoms with Crippen molar-refractivity contribution in [2.75, 3.05) is 6.54 Å². The smallest absolute Gasteiger partial charge is 0.335 e. The molecule has 0 saturated carbocycles. The van der Waals surface area contributed by atoms with Crippen LogP contribution in [0.3, 0.4) is 0 Å². The summed E-state index contributed by atoms with van der Waals surface area (Å²) in [5.41, 5.74) is 0.200. The minimum atomic E-state index is -3.71. The molecule has 0 aromatic heterocycles. The minimum absolute atomic E-state index is 0.0203. The molecular weight excluding hydrogens is 266 g/mol. The van der Waals surface area contributed by atoms with E-state index in [4.69, 9.17) is 11.5 Å². The highest BCUT2D eigenvalue weighted by molar-refractivity contribution is 7.89. The zero-order valence-electron chi connectivity index (χ0n) is 10.5. The van der Waals surface area contributed by atoms with Gasteiger partial charge >= 0.3 is 5.97 Å². The van der Waals surface area contributed by atoms with Crippen LogP contribution in [0.5, 0.6) is 0 Å². The molecule has 5 nitrogen and oxygen atoms in total. The number of benzene rings is 1. The van der Waals surface area contributed by atoms with E-state index < -0.39 is 16.0 Å². The quantitative estimate of drug-likeness (QED) is 0.609. The van der Waals surface area contributed by atoms with E-state index in [0.29, 0.717) is 12.8 Å². The Kier molecular flexibility index (Phi) is 5.10. The van der Waals surface area contributed by atoms with Gasteiger partial charge < -0.3 is 5.11 Å². The third-order valence-electron chi connectivity index (χ3n) is 2.59. The summed E-state index contributed by atoms with van der Waals surface area (Å²) in [6, 6.07) is 4.16. The van der Waals surface area contributed by atoms with E-state index >= 15 is 0 Å². The number of carboxylic acid groups (broad SMARTS) is 1. The largest absolute Gasteiger partial charge is 0.478 e. The molecule has 0 saturated heterocycles. The fourth-order valence-electron chi connectivity index (χ4n) is 1.61. The van der Waals surface area contributed by atoms with Crippen LogP contribution >= 0.6 is 0 Å². The first kappa shape index (κ1) is 15.2. The van der Waals surface area contributed by atoms with E-state index in [1.807, 2.05) is 0 Å². The van der Waals surface area contributed by atoms with E-state index in [-0.39, 0.29) is 22.6 Å². The summed E-state index contributed by atoms with van der Waals surface area (Å²) in [5.74, 6) is 1.27. The predicted molar refractivity (Wildman–Crippen MR) is 71.4 cm³/mol. The molecule has 0 radical (unpaired) electrons. The van der Waals surface area contributed by atoms with Crippen molar-refractivity contribution in [2.24, 2.45) is 0 Å². The molecule has 0 aliphatic rings. The van der Waals surface area contributed by atoms with E-state index in [1.165, 1.54) is 25.1 Å². The van der Waals surface area contributed by atoms with Crippen molar-refractivity contribution < 1.29 is 18.3 Å². The second kappa shape index (κ2) is 6.36. The standard InChI is InChI=1S/C13H15NO4S/c1-3-4-5-9-14-19(17,18)12-8-6-7-11(10(12)2)13(15)16/h1,6-8,14H,4-5,9H2,2H3,(H,15,16). The van der Waals surface area contributed by atoms with Gasteiger partial charge in [-0.3, -0.25) is 0 Å². The zero-order valence-corrected chi connectivity index (χ0v) is 11.3. The number of nitrogens with one attached hydrogen (secondary N) is 1. The second-order valence-corrected chi connectivity index (χ2v) is 5.67. The van der Waals surface area contributed by atoms with Crippen molar-refractivity contribution in [3.05, 3.63) is 29.3 Å². The number of hydrogen-bond acceptors (Lipinski definition) is 3. The van der Waals surface area contributed by atoms with Gasteiger partial charge in [0.15, 0.2) is 0 Å². The molecule has 0 unspecified atom stereocenters. The number of terminal acetylenes is 1. The van der Waals surface area contributed by atoms with Crippen LogP contribution in [0.4, 0.5) is 0 Å². The van der Waals surface area contributed by atoms with Crippen molar-refractivity contribution in [1.82, 2.24) is 4.72 Å². The van der Waals surface area contributed by atoms with E-state index in [1.54, 1.807) is 0 Å². The normalized spacial score (nSPS) is 10.9. The molecule has 2 N–H and O–H groups in total. The molecular formula is C13H15NO4S. The Hall–Kier alpha value is -1.84. The number of hydrogen-bond donors (Lipinski definition) is 2. The maximum absolute atomic E-state index is 12.0. The number of unbranched alkanes of at least 4 members (excludes halogenated alkanes) is 1. The van der Waals surface area contributed by atoms with Crippen LogP contribution in [0.25, 0.3) is 0 Å².